The zero-order valence-electron chi connectivity index (χ0n) is 14.1. The Morgan fingerprint density at radius 1 is 1.14 bits per heavy atom. The fraction of sp³-hybridized carbons (Fsp3) is 0.625. The van der Waals surface area contributed by atoms with Gasteiger partial charge < -0.3 is 10.6 Å². The maximum absolute atomic E-state index is 11.8. The Morgan fingerprint density at radius 3 is 2.27 bits per heavy atom. The van der Waals surface area contributed by atoms with Crippen molar-refractivity contribution < 1.29 is 9.59 Å². The van der Waals surface area contributed by atoms with Gasteiger partial charge in [-0.2, -0.15) is 0 Å². The maximum Gasteiger partial charge on any atom is 0.261 e. The van der Waals surface area contributed by atoms with Gasteiger partial charge in [0.2, 0.25) is 5.91 Å². The molecule has 0 fully saturated rings. The normalized spacial score (nSPS) is 11.3. The largest absolute Gasteiger partial charge is 0.353 e. The second-order valence-corrected chi connectivity index (χ2v) is 7.16. The first-order valence-corrected chi connectivity index (χ1v) is 8.50. The molecule has 1 aromatic heterocycles. The monoisotopic (exact) mass is 325 g/mol. The van der Waals surface area contributed by atoms with E-state index in [4.69, 9.17) is 0 Å². The van der Waals surface area contributed by atoms with Gasteiger partial charge in [0.25, 0.3) is 5.91 Å². The van der Waals surface area contributed by atoms with Crippen LogP contribution in [0.4, 0.5) is 0 Å². The van der Waals surface area contributed by atoms with Gasteiger partial charge >= 0.3 is 0 Å². The third-order valence-corrected chi connectivity index (χ3v) is 4.39. The number of carbonyl (C=O) groups excluding carboxylic acids is 2. The number of carbonyl (C=O) groups is 2. The van der Waals surface area contributed by atoms with Crippen molar-refractivity contribution >= 4 is 23.2 Å². The van der Waals surface area contributed by atoms with E-state index in [0.717, 1.165) is 11.4 Å². The lowest BCUT2D eigenvalue weighted by Gasteiger charge is -2.30. The predicted octanol–water partition coefficient (Wildman–Crippen LogP) is 2.02. The quantitative estimate of drug-likeness (QED) is 0.769. The molecule has 0 bridgehead atoms. The molecule has 0 aliphatic rings. The lowest BCUT2D eigenvalue weighted by molar-refractivity contribution is -0.120. The number of nitrogens with one attached hydrogen (secondary N) is 2. The average Bonchev–Trinajstić information content (AvgIpc) is 2.86. The Labute approximate surface area is 137 Å². The van der Waals surface area contributed by atoms with Gasteiger partial charge in [-0.15, -0.1) is 11.3 Å². The van der Waals surface area contributed by atoms with Crippen molar-refractivity contribution in [3.8, 4) is 0 Å². The summed E-state index contributed by atoms with van der Waals surface area (Å²) in [5, 5.41) is 5.48. The summed E-state index contributed by atoms with van der Waals surface area (Å²) in [4.78, 5) is 27.6. The number of thiophene rings is 1. The molecule has 0 saturated heterocycles. The third kappa shape index (κ3) is 6.15. The SMILES string of the molecule is Cc1ccc(C(=O)NCC(=O)NCCN(C(C)C)C(C)C)s1. The number of rotatable bonds is 8. The minimum Gasteiger partial charge on any atom is -0.353 e. The summed E-state index contributed by atoms with van der Waals surface area (Å²) in [5.41, 5.74) is 0. The van der Waals surface area contributed by atoms with E-state index >= 15 is 0 Å². The minimum absolute atomic E-state index is 0.0130. The van der Waals surface area contributed by atoms with Crippen LogP contribution in [0.15, 0.2) is 12.1 Å². The maximum atomic E-state index is 11.8. The molecule has 0 radical (unpaired) electrons. The van der Waals surface area contributed by atoms with Crippen molar-refractivity contribution in [3.63, 3.8) is 0 Å². The van der Waals surface area contributed by atoms with E-state index < -0.39 is 0 Å². The first-order chi connectivity index (χ1) is 10.3. The van der Waals surface area contributed by atoms with Crippen LogP contribution in [-0.4, -0.2) is 48.4 Å². The summed E-state index contributed by atoms with van der Waals surface area (Å²) in [6.45, 7) is 11.9. The molecule has 1 rings (SSSR count). The Kier molecular flexibility index (Phi) is 7.55. The average molecular weight is 325 g/mol. The molecule has 2 amide bonds. The van der Waals surface area contributed by atoms with Gasteiger partial charge in [0.1, 0.15) is 0 Å². The topological polar surface area (TPSA) is 61.4 Å². The van der Waals surface area contributed by atoms with E-state index in [2.05, 4.69) is 43.2 Å². The van der Waals surface area contributed by atoms with E-state index in [1.807, 2.05) is 13.0 Å². The van der Waals surface area contributed by atoms with Gasteiger partial charge in [0.05, 0.1) is 11.4 Å². The van der Waals surface area contributed by atoms with E-state index in [-0.39, 0.29) is 18.4 Å². The summed E-state index contributed by atoms with van der Waals surface area (Å²) in [5.74, 6) is -0.353. The minimum atomic E-state index is -0.195. The first kappa shape index (κ1) is 18.6. The first-order valence-electron chi connectivity index (χ1n) is 7.68. The Balaban J connectivity index is 2.27. The summed E-state index contributed by atoms with van der Waals surface area (Å²) >= 11 is 1.43. The molecule has 1 aromatic rings. The summed E-state index contributed by atoms with van der Waals surface area (Å²) < 4.78 is 0. The van der Waals surface area contributed by atoms with Gasteiger partial charge in [-0.25, -0.2) is 0 Å². The Hall–Kier alpha value is -1.40. The number of amides is 2. The summed E-state index contributed by atoms with van der Waals surface area (Å²) in [6.07, 6.45) is 0. The Bertz CT molecular complexity index is 489. The second-order valence-electron chi connectivity index (χ2n) is 5.87. The highest BCUT2D eigenvalue weighted by Gasteiger charge is 2.13. The molecule has 0 aliphatic heterocycles. The van der Waals surface area contributed by atoms with Gasteiger partial charge in [0.15, 0.2) is 0 Å². The molecule has 124 valence electrons. The molecule has 0 aliphatic carbocycles. The molecule has 0 aromatic carbocycles. The van der Waals surface area contributed by atoms with E-state index in [1.54, 1.807) is 6.07 Å². The second kappa shape index (κ2) is 8.90. The number of hydrogen-bond donors (Lipinski definition) is 2. The van der Waals surface area contributed by atoms with E-state index in [9.17, 15) is 9.59 Å². The highest BCUT2D eigenvalue weighted by Crippen LogP contribution is 2.14. The van der Waals surface area contributed by atoms with Crippen molar-refractivity contribution in [1.82, 2.24) is 15.5 Å². The van der Waals surface area contributed by atoms with Gasteiger partial charge in [-0.3, -0.25) is 14.5 Å². The smallest absolute Gasteiger partial charge is 0.261 e. The zero-order valence-corrected chi connectivity index (χ0v) is 14.9. The van der Waals surface area contributed by atoms with Crippen molar-refractivity contribution in [2.45, 2.75) is 46.7 Å². The van der Waals surface area contributed by atoms with Crippen LogP contribution in [-0.2, 0) is 4.79 Å². The summed E-state index contributed by atoms with van der Waals surface area (Å²) in [6, 6.07) is 4.56. The molecule has 5 nitrogen and oxygen atoms in total. The standard InChI is InChI=1S/C16H27N3O2S/c1-11(2)19(12(3)4)9-8-17-15(20)10-18-16(21)14-7-6-13(5)22-14/h6-7,11-12H,8-10H2,1-5H3,(H,17,20)(H,18,21). The van der Waals surface area contributed by atoms with Crippen LogP contribution < -0.4 is 10.6 Å². The number of aryl methyl sites for hydroxylation is 1. The van der Waals surface area contributed by atoms with Crippen molar-refractivity contribution in [3.05, 3.63) is 21.9 Å². The fourth-order valence-corrected chi connectivity index (χ4v) is 3.09. The lowest BCUT2D eigenvalue weighted by Crippen LogP contribution is -2.44. The zero-order chi connectivity index (χ0) is 16.7. The molecule has 0 atom stereocenters. The molecule has 6 heteroatoms. The van der Waals surface area contributed by atoms with Crippen LogP contribution in [0, 0.1) is 6.92 Å². The van der Waals surface area contributed by atoms with Crippen LogP contribution in [0.5, 0.6) is 0 Å². The van der Waals surface area contributed by atoms with Gasteiger partial charge in [-0.05, 0) is 46.8 Å². The molecule has 2 N–H and O–H groups in total. The van der Waals surface area contributed by atoms with Crippen molar-refractivity contribution in [2.24, 2.45) is 0 Å². The summed E-state index contributed by atoms with van der Waals surface area (Å²) in [7, 11) is 0. The molecule has 0 saturated carbocycles. The number of nitrogens with zero attached hydrogens (tertiary/aromatic N) is 1. The molecule has 0 unspecified atom stereocenters. The molecular formula is C16H27N3O2S. The van der Waals surface area contributed by atoms with Crippen LogP contribution in [0.1, 0.15) is 42.2 Å². The fourth-order valence-electron chi connectivity index (χ4n) is 2.30. The highest BCUT2D eigenvalue weighted by atomic mass is 32.1. The van der Waals surface area contributed by atoms with E-state index in [1.165, 1.54) is 11.3 Å². The van der Waals surface area contributed by atoms with Crippen molar-refractivity contribution in [2.75, 3.05) is 19.6 Å². The molecular weight excluding hydrogens is 298 g/mol. The number of hydrogen-bond acceptors (Lipinski definition) is 4. The van der Waals surface area contributed by atoms with Crippen LogP contribution in [0.25, 0.3) is 0 Å². The molecule has 1 heterocycles. The van der Waals surface area contributed by atoms with Crippen LogP contribution in [0.2, 0.25) is 0 Å². The van der Waals surface area contributed by atoms with Crippen LogP contribution in [0.3, 0.4) is 0 Å². The Morgan fingerprint density at radius 2 is 1.77 bits per heavy atom. The van der Waals surface area contributed by atoms with Gasteiger partial charge in [0, 0.05) is 30.1 Å². The lowest BCUT2D eigenvalue weighted by atomic mass is 10.2. The predicted molar refractivity (Wildman–Crippen MR) is 91.4 cm³/mol. The van der Waals surface area contributed by atoms with E-state index in [0.29, 0.717) is 23.5 Å². The van der Waals surface area contributed by atoms with Gasteiger partial charge in [-0.1, -0.05) is 0 Å². The van der Waals surface area contributed by atoms with Crippen molar-refractivity contribution in [1.29, 1.82) is 0 Å². The molecule has 0 spiro atoms. The third-order valence-electron chi connectivity index (χ3n) is 3.39. The highest BCUT2D eigenvalue weighted by molar-refractivity contribution is 7.13. The molecule has 22 heavy (non-hydrogen) atoms. The van der Waals surface area contributed by atoms with Crippen LogP contribution >= 0.6 is 11.3 Å².